The number of aryl methyl sites for hydroxylation is 2. The van der Waals surface area contributed by atoms with Gasteiger partial charge in [0.1, 0.15) is 18.1 Å². The summed E-state index contributed by atoms with van der Waals surface area (Å²) in [4.78, 5) is 33.3. The van der Waals surface area contributed by atoms with Crippen molar-refractivity contribution in [3.05, 3.63) is 47.5 Å². The van der Waals surface area contributed by atoms with Gasteiger partial charge in [0.25, 0.3) is 0 Å². The van der Waals surface area contributed by atoms with Crippen LogP contribution in [0.5, 0.6) is 0 Å². The van der Waals surface area contributed by atoms with E-state index in [2.05, 4.69) is 25.5 Å². The Morgan fingerprint density at radius 3 is 2.52 bits per heavy atom. The summed E-state index contributed by atoms with van der Waals surface area (Å²) in [6, 6.07) is 11.6. The first-order valence-electron chi connectivity index (χ1n) is 10.2. The Labute approximate surface area is 191 Å². The third kappa shape index (κ3) is 7.21. The number of hydroxylamine groups is 1. The van der Waals surface area contributed by atoms with Gasteiger partial charge in [-0.25, -0.2) is 10.5 Å². The predicted octanol–water partition coefficient (Wildman–Crippen LogP) is 3.57. The minimum Gasteiger partial charge on any atom is -0.423 e. The smallest absolute Gasteiger partial charge is 0.302 e. The number of aromatic nitrogens is 3. The van der Waals surface area contributed by atoms with Gasteiger partial charge in [-0.15, -0.1) is 0 Å². The second-order valence-electron chi connectivity index (χ2n) is 6.76. The summed E-state index contributed by atoms with van der Waals surface area (Å²) in [7, 11) is 5.25. The zero-order valence-corrected chi connectivity index (χ0v) is 19.4. The van der Waals surface area contributed by atoms with Crippen molar-refractivity contribution in [2.75, 3.05) is 32.7 Å². The van der Waals surface area contributed by atoms with Crippen LogP contribution in [0, 0.1) is 6.92 Å². The molecule has 33 heavy (non-hydrogen) atoms. The summed E-state index contributed by atoms with van der Waals surface area (Å²) >= 11 is 0. The Balaban J connectivity index is 0.000000328. The van der Waals surface area contributed by atoms with Crippen molar-refractivity contribution >= 4 is 46.7 Å². The molecule has 2 aromatic heterocycles. The number of carbonyl (C=O) groups is 2. The summed E-state index contributed by atoms with van der Waals surface area (Å²) < 4.78 is 12.3. The second kappa shape index (κ2) is 13.1. The van der Waals surface area contributed by atoms with Crippen LogP contribution in [0.2, 0.25) is 0 Å². The summed E-state index contributed by atoms with van der Waals surface area (Å²) in [6.07, 6.45) is 1.56. The number of ether oxygens (including phenoxy) is 1. The molecule has 2 aromatic carbocycles. The van der Waals surface area contributed by atoms with E-state index in [1.54, 1.807) is 26.3 Å². The van der Waals surface area contributed by atoms with Gasteiger partial charge in [-0.2, -0.15) is 4.98 Å². The number of oxazole rings is 1. The second-order valence-corrected chi connectivity index (χ2v) is 6.76. The molecule has 0 aliphatic heterocycles. The number of hydrogen-bond acceptors (Lipinski definition) is 9. The van der Waals surface area contributed by atoms with E-state index in [0.717, 1.165) is 40.3 Å². The molecule has 4 rings (SSSR count). The van der Waals surface area contributed by atoms with Gasteiger partial charge < -0.3 is 18.5 Å². The molecule has 0 radical (unpaired) electrons. The number of methoxy groups -OCH3 is 1. The third-order valence-corrected chi connectivity index (χ3v) is 4.34. The maximum Gasteiger partial charge on any atom is 0.302 e. The van der Waals surface area contributed by atoms with Gasteiger partial charge in [0.05, 0.1) is 24.2 Å². The van der Waals surface area contributed by atoms with Crippen LogP contribution in [0.4, 0.5) is 12.0 Å². The van der Waals surface area contributed by atoms with Crippen LogP contribution < -0.4 is 10.8 Å². The molecule has 10 nitrogen and oxygen atoms in total. The van der Waals surface area contributed by atoms with E-state index in [1.165, 1.54) is 6.92 Å². The minimum absolute atomic E-state index is 0.389. The SMILES string of the molecule is CC=O.CNOCCOC.Cc1ccc2nc(Nc3nc4cc(C=O)ccc4n3C)oc2c1. The Hall–Kier alpha value is -3.60. The number of nitrogens with zero attached hydrogens (tertiary/aromatic N) is 3. The van der Waals surface area contributed by atoms with Crippen molar-refractivity contribution in [2.45, 2.75) is 13.8 Å². The number of carbonyl (C=O) groups excluding carboxylic acids is 2. The molecule has 2 N–H and O–H groups in total. The molecule has 0 bridgehead atoms. The van der Waals surface area contributed by atoms with Crippen molar-refractivity contribution in [1.29, 1.82) is 0 Å². The van der Waals surface area contributed by atoms with Gasteiger partial charge in [0.2, 0.25) is 5.95 Å². The summed E-state index contributed by atoms with van der Waals surface area (Å²) in [5.74, 6) is 0.603. The van der Waals surface area contributed by atoms with Crippen molar-refractivity contribution in [2.24, 2.45) is 7.05 Å². The number of fused-ring (bicyclic) bond motifs is 2. The first kappa shape index (κ1) is 25.7. The molecule has 2 heterocycles. The molecule has 176 valence electrons. The van der Waals surface area contributed by atoms with E-state index in [-0.39, 0.29) is 0 Å². The average Bonchev–Trinajstić information content (AvgIpc) is 3.34. The van der Waals surface area contributed by atoms with Crippen molar-refractivity contribution in [1.82, 2.24) is 20.0 Å². The highest BCUT2D eigenvalue weighted by Gasteiger charge is 2.12. The molecule has 0 unspecified atom stereocenters. The standard InChI is InChI=1S/C17H14N4O2.C4H11NO2.C2H4O/c1-10-3-5-12-15(7-10)23-17(19-12)20-16-18-13-8-11(9-22)4-6-14(13)21(16)2;1-5-7-4-3-6-2;1-2-3/h3-9H,1-2H3,(H,18,19,20);5H,3-4H2,1-2H3;2H,1H3. The monoisotopic (exact) mass is 455 g/mol. The van der Waals surface area contributed by atoms with E-state index in [0.29, 0.717) is 30.7 Å². The molecule has 0 saturated carbocycles. The Morgan fingerprint density at radius 1 is 1.09 bits per heavy atom. The fourth-order valence-corrected chi connectivity index (χ4v) is 2.81. The Morgan fingerprint density at radius 2 is 1.85 bits per heavy atom. The molecule has 0 aliphatic carbocycles. The zero-order chi connectivity index (χ0) is 24.2. The van der Waals surface area contributed by atoms with Crippen molar-refractivity contribution in [3.63, 3.8) is 0 Å². The molecule has 0 atom stereocenters. The molecule has 4 aromatic rings. The summed E-state index contributed by atoms with van der Waals surface area (Å²) in [5.41, 5.74) is 7.42. The number of nitrogens with one attached hydrogen (secondary N) is 2. The summed E-state index contributed by atoms with van der Waals surface area (Å²) in [6.45, 7) is 4.69. The maximum absolute atomic E-state index is 10.9. The number of aldehydes is 2. The van der Waals surface area contributed by atoms with E-state index in [4.69, 9.17) is 14.0 Å². The minimum atomic E-state index is 0.389. The zero-order valence-electron chi connectivity index (χ0n) is 19.4. The maximum atomic E-state index is 10.9. The molecule has 0 fully saturated rings. The van der Waals surface area contributed by atoms with Gasteiger partial charge in [-0.3, -0.25) is 14.9 Å². The van der Waals surface area contributed by atoms with Gasteiger partial charge >= 0.3 is 6.01 Å². The normalized spacial score (nSPS) is 10.2. The topological polar surface area (TPSA) is 121 Å². The number of imidazole rings is 1. The highest BCUT2D eigenvalue weighted by molar-refractivity contribution is 5.86. The first-order chi connectivity index (χ1) is 16.0. The quantitative estimate of drug-likeness (QED) is 0.245. The number of rotatable bonds is 7. The number of anilines is 2. The molecular weight excluding hydrogens is 426 g/mol. The fraction of sp³-hybridized carbons (Fsp3) is 0.304. The van der Waals surface area contributed by atoms with Crippen molar-refractivity contribution < 1.29 is 23.6 Å². The third-order valence-electron chi connectivity index (χ3n) is 4.34. The van der Waals surface area contributed by atoms with E-state index in [9.17, 15) is 4.79 Å². The molecule has 0 spiro atoms. The first-order valence-corrected chi connectivity index (χ1v) is 10.2. The fourth-order valence-electron chi connectivity index (χ4n) is 2.81. The van der Waals surface area contributed by atoms with Crippen molar-refractivity contribution in [3.8, 4) is 0 Å². The molecule has 0 amide bonds. The van der Waals surface area contributed by atoms with Crippen LogP contribution >= 0.6 is 0 Å². The number of hydrogen-bond donors (Lipinski definition) is 2. The van der Waals surface area contributed by atoms with E-state index >= 15 is 0 Å². The van der Waals surface area contributed by atoms with Crippen LogP contribution in [0.3, 0.4) is 0 Å². The lowest BCUT2D eigenvalue weighted by atomic mass is 10.2. The lowest BCUT2D eigenvalue weighted by Crippen LogP contribution is -2.11. The average molecular weight is 456 g/mol. The highest BCUT2D eigenvalue weighted by atomic mass is 16.7. The molecule has 0 saturated heterocycles. The van der Waals surface area contributed by atoms with Gasteiger partial charge in [-0.1, -0.05) is 6.07 Å². The van der Waals surface area contributed by atoms with Gasteiger partial charge in [0.15, 0.2) is 5.58 Å². The Kier molecular flexibility index (Phi) is 10.2. The lowest BCUT2D eigenvalue weighted by molar-refractivity contribution is -0.106. The highest BCUT2D eigenvalue weighted by Crippen LogP contribution is 2.25. The van der Waals surface area contributed by atoms with Crippen LogP contribution in [-0.4, -0.2) is 54.5 Å². The lowest BCUT2D eigenvalue weighted by Gasteiger charge is -2.01. The molecule has 0 aliphatic rings. The van der Waals surface area contributed by atoms with E-state index < -0.39 is 0 Å². The van der Waals surface area contributed by atoms with Gasteiger partial charge in [0, 0.05) is 26.8 Å². The van der Waals surface area contributed by atoms with E-state index in [1.807, 2.05) is 42.8 Å². The van der Waals surface area contributed by atoms with Crippen LogP contribution in [0.25, 0.3) is 22.1 Å². The predicted molar refractivity (Wildman–Crippen MR) is 127 cm³/mol. The number of benzene rings is 2. The Bertz CT molecular complexity index is 1180. The van der Waals surface area contributed by atoms with Crippen LogP contribution in [0.15, 0.2) is 40.8 Å². The molecule has 10 heteroatoms. The molecular formula is C23H29N5O5. The van der Waals surface area contributed by atoms with Gasteiger partial charge in [-0.05, 0) is 49.7 Å². The largest absolute Gasteiger partial charge is 0.423 e. The summed E-state index contributed by atoms with van der Waals surface area (Å²) in [5, 5.41) is 3.09. The van der Waals surface area contributed by atoms with Crippen LogP contribution in [0.1, 0.15) is 22.8 Å². The van der Waals surface area contributed by atoms with Crippen LogP contribution in [-0.2, 0) is 21.4 Å².